The first-order valence-corrected chi connectivity index (χ1v) is 6.70. The Bertz CT molecular complexity index is 470. The average molecular weight is 298 g/mol. The Morgan fingerprint density at radius 1 is 1.33 bits per heavy atom. The number of hydrogen-bond acceptors (Lipinski definition) is 6. The number of nitrogens with one attached hydrogen (secondary N) is 2. The number of aliphatic carboxylic acids is 1. The highest BCUT2D eigenvalue weighted by Gasteiger charge is 2.40. The predicted molar refractivity (Wildman–Crippen MR) is 69.5 cm³/mol. The van der Waals surface area contributed by atoms with E-state index in [1.165, 1.54) is 6.39 Å². The SMILES string of the molecule is O=C(NCCc1ncon1)NCC1(C(=O)O)CCOCC1. The van der Waals surface area contributed by atoms with E-state index in [9.17, 15) is 14.7 Å². The number of urea groups is 1. The summed E-state index contributed by atoms with van der Waals surface area (Å²) in [5.41, 5.74) is -0.941. The molecule has 0 aromatic carbocycles. The zero-order valence-electron chi connectivity index (χ0n) is 11.5. The maximum atomic E-state index is 11.7. The summed E-state index contributed by atoms with van der Waals surface area (Å²) in [6, 6.07) is -0.411. The highest BCUT2D eigenvalue weighted by atomic mass is 16.5. The summed E-state index contributed by atoms with van der Waals surface area (Å²) in [7, 11) is 0. The van der Waals surface area contributed by atoms with Crippen molar-refractivity contribution in [2.24, 2.45) is 5.41 Å². The summed E-state index contributed by atoms with van der Waals surface area (Å²) in [5, 5.41) is 18.2. The monoisotopic (exact) mass is 298 g/mol. The maximum absolute atomic E-state index is 11.7. The lowest BCUT2D eigenvalue weighted by Gasteiger charge is -2.33. The summed E-state index contributed by atoms with van der Waals surface area (Å²) in [6.45, 7) is 1.22. The van der Waals surface area contributed by atoms with Gasteiger partial charge in [-0.25, -0.2) is 4.79 Å². The summed E-state index contributed by atoms with van der Waals surface area (Å²) < 4.78 is 9.75. The van der Waals surface area contributed by atoms with Gasteiger partial charge in [-0.15, -0.1) is 0 Å². The van der Waals surface area contributed by atoms with E-state index in [0.717, 1.165) is 0 Å². The van der Waals surface area contributed by atoms with Crippen molar-refractivity contribution in [3.63, 3.8) is 0 Å². The molecule has 9 heteroatoms. The standard InChI is InChI=1S/C12H18N4O5/c17-10(18)12(2-5-20-6-3-12)7-14-11(19)13-4-1-9-15-8-21-16-9/h8H,1-7H2,(H,17,18)(H2,13,14,19). The first-order valence-electron chi connectivity index (χ1n) is 6.70. The van der Waals surface area contributed by atoms with Gasteiger partial charge in [0.05, 0.1) is 5.41 Å². The lowest BCUT2D eigenvalue weighted by molar-refractivity contribution is -0.154. The average Bonchev–Trinajstić information content (AvgIpc) is 2.99. The van der Waals surface area contributed by atoms with Crippen LogP contribution in [0.5, 0.6) is 0 Å². The fourth-order valence-corrected chi connectivity index (χ4v) is 2.13. The van der Waals surface area contributed by atoms with Crippen molar-refractivity contribution in [3.05, 3.63) is 12.2 Å². The van der Waals surface area contributed by atoms with E-state index in [0.29, 0.717) is 44.8 Å². The lowest BCUT2D eigenvalue weighted by Crippen LogP contribution is -2.49. The van der Waals surface area contributed by atoms with Crippen molar-refractivity contribution in [3.8, 4) is 0 Å². The molecule has 0 atom stereocenters. The number of carboxylic acids is 1. The molecule has 1 fully saturated rings. The van der Waals surface area contributed by atoms with E-state index in [4.69, 9.17) is 4.74 Å². The molecule has 0 aliphatic carbocycles. The van der Waals surface area contributed by atoms with Crippen LogP contribution in [0.15, 0.2) is 10.9 Å². The molecular weight excluding hydrogens is 280 g/mol. The minimum Gasteiger partial charge on any atom is -0.481 e. The van der Waals surface area contributed by atoms with Crippen LogP contribution < -0.4 is 10.6 Å². The van der Waals surface area contributed by atoms with E-state index in [2.05, 4.69) is 25.3 Å². The highest BCUT2D eigenvalue weighted by Crippen LogP contribution is 2.29. The molecule has 0 radical (unpaired) electrons. The van der Waals surface area contributed by atoms with Gasteiger partial charge in [-0.05, 0) is 12.8 Å². The van der Waals surface area contributed by atoms with E-state index < -0.39 is 17.4 Å². The molecule has 116 valence electrons. The van der Waals surface area contributed by atoms with Crippen molar-refractivity contribution in [2.45, 2.75) is 19.3 Å². The smallest absolute Gasteiger partial charge is 0.314 e. The van der Waals surface area contributed by atoms with E-state index >= 15 is 0 Å². The minimum absolute atomic E-state index is 0.0831. The molecule has 1 aliphatic heterocycles. The third-order valence-corrected chi connectivity index (χ3v) is 3.53. The Morgan fingerprint density at radius 2 is 2.10 bits per heavy atom. The van der Waals surface area contributed by atoms with Crippen LogP contribution in [0.1, 0.15) is 18.7 Å². The van der Waals surface area contributed by atoms with Gasteiger partial charge in [-0.3, -0.25) is 4.79 Å². The number of amides is 2. The Hall–Kier alpha value is -2.16. The van der Waals surface area contributed by atoms with Crippen molar-refractivity contribution in [2.75, 3.05) is 26.3 Å². The molecule has 1 aliphatic rings. The van der Waals surface area contributed by atoms with Gasteiger partial charge in [0.2, 0.25) is 6.39 Å². The number of carbonyl (C=O) groups is 2. The molecule has 3 N–H and O–H groups in total. The summed E-state index contributed by atoms with van der Waals surface area (Å²) in [6.07, 6.45) is 2.45. The number of rotatable bonds is 6. The van der Waals surface area contributed by atoms with Crippen LogP contribution in [0, 0.1) is 5.41 Å². The van der Waals surface area contributed by atoms with Gasteiger partial charge in [0.25, 0.3) is 0 Å². The number of nitrogens with zero attached hydrogens (tertiary/aromatic N) is 2. The summed E-state index contributed by atoms with van der Waals surface area (Å²) in [5.74, 6) is -0.403. The molecule has 0 spiro atoms. The third-order valence-electron chi connectivity index (χ3n) is 3.53. The molecule has 0 saturated carbocycles. The summed E-state index contributed by atoms with van der Waals surface area (Å²) >= 11 is 0. The predicted octanol–water partition coefficient (Wildman–Crippen LogP) is -0.207. The normalized spacial score (nSPS) is 17.1. The van der Waals surface area contributed by atoms with Gasteiger partial charge >= 0.3 is 12.0 Å². The molecule has 2 rings (SSSR count). The fourth-order valence-electron chi connectivity index (χ4n) is 2.13. The largest absolute Gasteiger partial charge is 0.481 e. The zero-order chi connectivity index (χ0) is 15.1. The van der Waals surface area contributed by atoms with Gasteiger partial charge in [-0.2, -0.15) is 4.98 Å². The topological polar surface area (TPSA) is 127 Å². The molecule has 1 saturated heterocycles. The Kier molecular flexibility index (Phi) is 5.09. The van der Waals surface area contributed by atoms with Crippen LogP contribution in [0.25, 0.3) is 0 Å². The number of aromatic nitrogens is 2. The maximum Gasteiger partial charge on any atom is 0.314 e. The Balaban J connectivity index is 1.72. The minimum atomic E-state index is -0.941. The molecule has 21 heavy (non-hydrogen) atoms. The number of hydrogen-bond donors (Lipinski definition) is 3. The Morgan fingerprint density at radius 3 is 2.71 bits per heavy atom. The summed E-state index contributed by atoms with van der Waals surface area (Å²) in [4.78, 5) is 26.9. The van der Waals surface area contributed by atoms with E-state index in [1.54, 1.807) is 0 Å². The lowest BCUT2D eigenvalue weighted by atomic mass is 9.80. The first kappa shape index (κ1) is 15.2. The van der Waals surface area contributed by atoms with Crippen LogP contribution in [0.2, 0.25) is 0 Å². The third kappa shape index (κ3) is 4.15. The van der Waals surface area contributed by atoms with Crippen molar-refractivity contribution >= 4 is 12.0 Å². The number of ether oxygens (including phenoxy) is 1. The van der Waals surface area contributed by atoms with Crippen molar-refractivity contribution in [1.82, 2.24) is 20.8 Å². The van der Waals surface area contributed by atoms with Crippen LogP contribution in [-0.2, 0) is 16.0 Å². The molecule has 1 aromatic rings. The molecule has 1 aromatic heterocycles. The van der Waals surface area contributed by atoms with Crippen LogP contribution in [0.3, 0.4) is 0 Å². The molecule has 2 heterocycles. The van der Waals surface area contributed by atoms with E-state index in [1.807, 2.05) is 0 Å². The quantitative estimate of drug-likeness (QED) is 0.663. The number of carboxylic acid groups (broad SMARTS) is 1. The second kappa shape index (κ2) is 7.02. The van der Waals surface area contributed by atoms with Crippen LogP contribution in [-0.4, -0.2) is 53.6 Å². The molecule has 0 bridgehead atoms. The van der Waals surface area contributed by atoms with Gasteiger partial charge in [0, 0.05) is 32.7 Å². The molecule has 9 nitrogen and oxygen atoms in total. The fraction of sp³-hybridized carbons (Fsp3) is 0.667. The Labute approximate surface area is 121 Å². The first-order chi connectivity index (χ1) is 10.1. The van der Waals surface area contributed by atoms with E-state index in [-0.39, 0.29) is 6.54 Å². The van der Waals surface area contributed by atoms with Crippen LogP contribution in [0.4, 0.5) is 4.79 Å². The van der Waals surface area contributed by atoms with Gasteiger partial charge in [0.15, 0.2) is 5.82 Å². The van der Waals surface area contributed by atoms with Gasteiger partial charge < -0.3 is 25.0 Å². The zero-order valence-corrected chi connectivity index (χ0v) is 11.5. The number of carbonyl (C=O) groups excluding carboxylic acids is 1. The highest BCUT2D eigenvalue weighted by molar-refractivity contribution is 5.78. The second-order valence-corrected chi connectivity index (χ2v) is 4.90. The van der Waals surface area contributed by atoms with Crippen LogP contribution >= 0.6 is 0 Å². The molecule has 2 amide bonds. The van der Waals surface area contributed by atoms with Crippen molar-refractivity contribution in [1.29, 1.82) is 0 Å². The molecular formula is C12H18N4O5. The molecule has 0 unspecified atom stereocenters. The van der Waals surface area contributed by atoms with Gasteiger partial charge in [-0.1, -0.05) is 5.16 Å². The second-order valence-electron chi connectivity index (χ2n) is 4.90. The van der Waals surface area contributed by atoms with Gasteiger partial charge in [0.1, 0.15) is 0 Å². The van der Waals surface area contributed by atoms with Crippen molar-refractivity contribution < 1.29 is 24.0 Å².